The van der Waals surface area contributed by atoms with Crippen LogP contribution in [0.3, 0.4) is 0 Å². The number of benzene rings is 1. The quantitative estimate of drug-likeness (QED) is 0.566. The van der Waals surface area contributed by atoms with Crippen LogP contribution in [0.2, 0.25) is 0 Å². The predicted molar refractivity (Wildman–Crippen MR) is 94.2 cm³/mol. The van der Waals surface area contributed by atoms with Crippen molar-refractivity contribution in [1.29, 1.82) is 0 Å². The van der Waals surface area contributed by atoms with Crippen LogP contribution in [0.4, 0.5) is 0 Å². The minimum atomic E-state index is -0.00263. The van der Waals surface area contributed by atoms with Crippen LogP contribution >= 0.6 is 11.3 Å². The summed E-state index contributed by atoms with van der Waals surface area (Å²) in [6.07, 6.45) is 1.64. The van der Waals surface area contributed by atoms with Crippen molar-refractivity contribution in [3.05, 3.63) is 69.9 Å². The van der Waals surface area contributed by atoms with E-state index in [0.717, 1.165) is 32.6 Å². The van der Waals surface area contributed by atoms with Crippen LogP contribution in [0.5, 0.6) is 0 Å². The molecule has 0 saturated heterocycles. The van der Waals surface area contributed by atoms with Crippen LogP contribution < -0.4 is 5.56 Å². The predicted octanol–water partition coefficient (Wildman–Crippen LogP) is 3.67. The minimum Gasteiger partial charge on any atom is -0.294 e. The fraction of sp³-hybridized carbons (Fsp3) is 0.167. The van der Waals surface area contributed by atoms with E-state index in [1.165, 1.54) is 11.3 Å². The minimum absolute atomic E-state index is 0.00263. The Kier molecular flexibility index (Phi) is 3.23. The second kappa shape index (κ2) is 5.28. The van der Waals surface area contributed by atoms with E-state index in [9.17, 15) is 4.79 Å². The average molecular weight is 321 g/mol. The molecule has 0 radical (unpaired) electrons. The largest absolute Gasteiger partial charge is 0.294 e. The van der Waals surface area contributed by atoms with Crippen molar-refractivity contribution in [2.45, 2.75) is 20.4 Å². The molecule has 0 saturated carbocycles. The highest BCUT2D eigenvalue weighted by Crippen LogP contribution is 2.30. The summed E-state index contributed by atoms with van der Waals surface area (Å²) in [6, 6.07) is 12.0. The molecule has 0 fully saturated rings. The SMILES string of the molecule is Cc1cc2c(nc1C)sc1c(=O)n(Cc3ccccc3)cnc12. The number of aryl methyl sites for hydroxylation is 2. The van der Waals surface area contributed by atoms with Crippen LogP contribution in [0.15, 0.2) is 47.5 Å². The highest BCUT2D eigenvalue weighted by atomic mass is 32.1. The summed E-state index contributed by atoms with van der Waals surface area (Å²) in [4.78, 5) is 22.8. The summed E-state index contributed by atoms with van der Waals surface area (Å²) in [6.45, 7) is 4.55. The van der Waals surface area contributed by atoms with E-state index in [4.69, 9.17) is 0 Å². The Morgan fingerprint density at radius 2 is 1.96 bits per heavy atom. The first kappa shape index (κ1) is 14.1. The van der Waals surface area contributed by atoms with Gasteiger partial charge >= 0.3 is 0 Å². The van der Waals surface area contributed by atoms with E-state index in [1.807, 2.05) is 44.2 Å². The molecule has 4 nitrogen and oxygen atoms in total. The molecule has 0 atom stereocenters. The van der Waals surface area contributed by atoms with Gasteiger partial charge in [0, 0.05) is 11.1 Å². The molecule has 4 aromatic rings. The number of rotatable bonds is 2. The summed E-state index contributed by atoms with van der Waals surface area (Å²) >= 11 is 1.43. The Hall–Kier alpha value is -2.53. The molecule has 3 heterocycles. The summed E-state index contributed by atoms with van der Waals surface area (Å²) < 4.78 is 2.34. The molecular weight excluding hydrogens is 306 g/mol. The molecule has 0 aliphatic rings. The van der Waals surface area contributed by atoms with E-state index >= 15 is 0 Å². The van der Waals surface area contributed by atoms with Crippen LogP contribution in [0, 0.1) is 13.8 Å². The smallest absolute Gasteiger partial charge is 0.271 e. The summed E-state index contributed by atoms with van der Waals surface area (Å²) in [7, 11) is 0. The monoisotopic (exact) mass is 321 g/mol. The molecule has 4 rings (SSSR count). The Labute approximate surface area is 137 Å². The van der Waals surface area contributed by atoms with Gasteiger partial charge in [-0.05, 0) is 31.0 Å². The highest BCUT2D eigenvalue weighted by Gasteiger charge is 2.13. The van der Waals surface area contributed by atoms with Gasteiger partial charge in [-0.15, -0.1) is 11.3 Å². The molecule has 0 bridgehead atoms. The average Bonchev–Trinajstić information content (AvgIpc) is 2.90. The molecule has 1 aromatic carbocycles. The van der Waals surface area contributed by atoms with Gasteiger partial charge in [0.15, 0.2) is 0 Å². The number of nitrogens with zero attached hydrogens (tertiary/aromatic N) is 3. The van der Waals surface area contributed by atoms with Crippen molar-refractivity contribution in [2.24, 2.45) is 0 Å². The number of fused-ring (bicyclic) bond motifs is 3. The van der Waals surface area contributed by atoms with E-state index in [0.29, 0.717) is 11.2 Å². The normalized spacial score (nSPS) is 11.4. The van der Waals surface area contributed by atoms with Crippen molar-refractivity contribution in [3.63, 3.8) is 0 Å². The van der Waals surface area contributed by atoms with Crippen molar-refractivity contribution in [1.82, 2.24) is 14.5 Å². The van der Waals surface area contributed by atoms with Crippen molar-refractivity contribution < 1.29 is 0 Å². The Morgan fingerprint density at radius 3 is 2.74 bits per heavy atom. The summed E-state index contributed by atoms with van der Waals surface area (Å²) in [5.41, 5.74) is 3.95. The molecule has 0 spiro atoms. The van der Waals surface area contributed by atoms with Gasteiger partial charge in [0.2, 0.25) is 0 Å². The molecule has 0 N–H and O–H groups in total. The van der Waals surface area contributed by atoms with Crippen LogP contribution in [0.25, 0.3) is 20.4 Å². The zero-order valence-corrected chi connectivity index (χ0v) is 13.7. The van der Waals surface area contributed by atoms with Crippen LogP contribution in [0.1, 0.15) is 16.8 Å². The van der Waals surface area contributed by atoms with E-state index < -0.39 is 0 Å². The van der Waals surface area contributed by atoms with E-state index in [2.05, 4.69) is 16.0 Å². The number of hydrogen-bond donors (Lipinski definition) is 0. The third-order valence-corrected chi connectivity index (χ3v) is 5.15. The summed E-state index contributed by atoms with van der Waals surface area (Å²) in [5.74, 6) is 0. The van der Waals surface area contributed by atoms with Crippen molar-refractivity contribution in [3.8, 4) is 0 Å². The van der Waals surface area contributed by atoms with Crippen LogP contribution in [-0.2, 0) is 6.54 Å². The molecule has 3 aromatic heterocycles. The summed E-state index contributed by atoms with van der Waals surface area (Å²) in [5, 5.41) is 0.970. The lowest BCUT2D eigenvalue weighted by molar-refractivity contribution is 0.750. The molecule has 114 valence electrons. The van der Waals surface area contributed by atoms with Gasteiger partial charge in [0.1, 0.15) is 9.53 Å². The molecule has 5 heteroatoms. The second-order valence-electron chi connectivity index (χ2n) is 5.69. The molecule has 0 amide bonds. The van der Waals surface area contributed by atoms with Gasteiger partial charge in [-0.1, -0.05) is 30.3 Å². The first-order valence-corrected chi connectivity index (χ1v) is 8.25. The topological polar surface area (TPSA) is 47.8 Å². The Bertz CT molecular complexity index is 1080. The highest BCUT2D eigenvalue weighted by molar-refractivity contribution is 7.25. The fourth-order valence-corrected chi connectivity index (χ4v) is 3.78. The lowest BCUT2D eigenvalue weighted by atomic mass is 10.2. The van der Waals surface area contributed by atoms with Gasteiger partial charge in [-0.2, -0.15) is 0 Å². The van der Waals surface area contributed by atoms with Gasteiger partial charge in [0.05, 0.1) is 18.4 Å². The first-order chi connectivity index (χ1) is 11.1. The standard InChI is InChI=1S/C18H15N3OS/c1-11-8-14-15-16(23-17(14)20-12(11)2)18(22)21(10-19-15)9-13-6-4-3-5-7-13/h3-8,10H,9H2,1-2H3. The van der Waals surface area contributed by atoms with E-state index in [1.54, 1.807) is 10.9 Å². The molecular formula is C18H15N3OS. The van der Waals surface area contributed by atoms with Gasteiger partial charge in [-0.3, -0.25) is 9.36 Å². The number of aromatic nitrogens is 3. The molecule has 23 heavy (non-hydrogen) atoms. The van der Waals surface area contributed by atoms with Crippen molar-refractivity contribution in [2.75, 3.05) is 0 Å². The fourth-order valence-electron chi connectivity index (χ4n) is 2.67. The third kappa shape index (κ3) is 2.33. The maximum Gasteiger partial charge on any atom is 0.271 e. The Balaban J connectivity index is 1.91. The van der Waals surface area contributed by atoms with Gasteiger partial charge in [-0.25, -0.2) is 9.97 Å². The molecule has 0 aliphatic carbocycles. The maximum absolute atomic E-state index is 12.8. The lowest BCUT2D eigenvalue weighted by Crippen LogP contribution is -2.20. The zero-order valence-electron chi connectivity index (χ0n) is 12.9. The first-order valence-electron chi connectivity index (χ1n) is 7.43. The van der Waals surface area contributed by atoms with Gasteiger partial charge in [0.25, 0.3) is 5.56 Å². The molecule has 0 aliphatic heterocycles. The number of pyridine rings is 1. The lowest BCUT2D eigenvalue weighted by Gasteiger charge is -2.05. The second-order valence-corrected chi connectivity index (χ2v) is 6.69. The molecule has 0 unspecified atom stereocenters. The van der Waals surface area contributed by atoms with Gasteiger partial charge < -0.3 is 0 Å². The third-order valence-electron chi connectivity index (χ3n) is 4.08. The zero-order chi connectivity index (χ0) is 16.0. The Morgan fingerprint density at radius 1 is 1.17 bits per heavy atom. The van der Waals surface area contributed by atoms with Crippen LogP contribution in [-0.4, -0.2) is 14.5 Å². The maximum atomic E-state index is 12.8. The van der Waals surface area contributed by atoms with Crippen molar-refractivity contribution >= 4 is 31.8 Å². The number of thiophene rings is 1. The van der Waals surface area contributed by atoms with E-state index in [-0.39, 0.29) is 5.56 Å². The number of hydrogen-bond acceptors (Lipinski definition) is 4.